The SMILES string of the molecule is C[C@@H](OC(=O)c1ccc(Cl)c(S(N)(=O)=O)c1)C(=O)Nc1ccccc1. The zero-order valence-electron chi connectivity index (χ0n) is 13.1. The summed E-state index contributed by atoms with van der Waals surface area (Å²) in [6.45, 7) is 1.40. The van der Waals surface area contributed by atoms with Gasteiger partial charge in [0, 0.05) is 5.69 Å². The van der Waals surface area contributed by atoms with Gasteiger partial charge in [0.2, 0.25) is 10.0 Å². The predicted octanol–water partition coefficient (Wildman–Crippen LogP) is 2.17. The number of benzene rings is 2. The number of anilines is 1. The second-order valence-corrected chi connectivity index (χ2v) is 7.03. The van der Waals surface area contributed by atoms with Crippen LogP contribution < -0.4 is 10.5 Å². The van der Waals surface area contributed by atoms with Gasteiger partial charge in [-0.3, -0.25) is 4.79 Å². The van der Waals surface area contributed by atoms with Gasteiger partial charge in [0.05, 0.1) is 10.6 Å². The lowest BCUT2D eigenvalue weighted by molar-refractivity contribution is -0.123. The number of sulfonamides is 1. The summed E-state index contributed by atoms with van der Waals surface area (Å²) < 4.78 is 27.9. The molecular formula is C16H15ClN2O5S. The van der Waals surface area contributed by atoms with Gasteiger partial charge in [-0.05, 0) is 37.3 Å². The smallest absolute Gasteiger partial charge is 0.338 e. The summed E-state index contributed by atoms with van der Waals surface area (Å²) in [4.78, 5) is 23.8. The number of nitrogens with two attached hydrogens (primary N) is 1. The highest BCUT2D eigenvalue weighted by Gasteiger charge is 2.21. The Morgan fingerprint density at radius 1 is 1.16 bits per heavy atom. The van der Waals surface area contributed by atoms with E-state index in [1.54, 1.807) is 30.3 Å². The fourth-order valence-electron chi connectivity index (χ4n) is 1.90. The minimum Gasteiger partial charge on any atom is -0.449 e. The highest BCUT2D eigenvalue weighted by atomic mass is 35.5. The van der Waals surface area contributed by atoms with Gasteiger partial charge >= 0.3 is 5.97 Å². The van der Waals surface area contributed by atoms with Crippen LogP contribution in [0.5, 0.6) is 0 Å². The summed E-state index contributed by atoms with van der Waals surface area (Å²) in [5.41, 5.74) is 0.464. The van der Waals surface area contributed by atoms with Crippen molar-refractivity contribution in [3.8, 4) is 0 Å². The Balaban J connectivity index is 2.10. The number of halogens is 1. The fraction of sp³-hybridized carbons (Fsp3) is 0.125. The average molecular weight is 383 g/mol. The van der Waals surface area contributed by atoms with E-state index < -0.39 is 32.9 Å². The number of nitrogens with one attached hydrogen (secondary N) is 1. The number of hydrogen-bond acceptors (Lipinski definition) is 5. The largest absolute Gasteiger partial charge is 0.449 e. The van der Waals surface area contributed by atoms with Crippen molar-refractivity contribution in [3.05, 3.63) is 59.1 Å². The van der Waals surface area contributed by atoms with Crippen molar-refractivity contribution in [2.24, 2.45) is 5.14 Å². The van der Waals surface area contributed by atoms with E-state index >= 15 is 0 Å². The van der Waals surface area contributed by atoms with E-state index in [4.69, 9.17) is 21.5 Å². The Morgan fingerprint density at radius 3 is 2.40 bits per heavy atom. The Hall–Kier alpha value is -2.42. The lowest BCUT2D eigenvalue weighted by Crippen LogP contribution is -2.30. The van der Waals surface area contributed by atoms with Gasteiger partial charge in [-0.25, -0.2) is 18.4 Å². The molecule has 0 saturated heterocycles. The van der Waals surface area contributed by atoms with Gasteiger partial charge < -0.3 is 10.1 Å². The molecule has 1 atom stereocenters. The van der Waals surface area contributed by atoms with Crippen molar-refractivity contribution >= 4 is 39.2 Å². The number of primary sulfonamides is 1. The molecule has 132 valence electrons. The van der Waals surface area contributed by atoms with E-state index in [0.29, 0.717) is 5.69 Å². The van der Waals surface area contributed by atoms with E-state index in [9.17, 15) is 18.0 Å². The molecule has 0 heterocycles. The number of para-hydroxylation sites is 1. The zero-order valence-corrected chi connectivity index (χ0v) is 14.7. The first-order valence-corrected chi connectivity index (χ1v) is 9.00. The quantitative estimate of drug-likeness (QED) is 0.769. The van der Waals surface area contributed by atoms with Crippen LogP contribution >= 0.6 is 11.6 Å². The Morgan fingerprint density at radius 2 is 1.80 bits per heavy atom. The van der Waals surface area contributed by atoms with Crippen LogP contribution in [0.25, 0.3) is 0 Å². The monoisotopic (exact) mass is 382 g/mol. The molecule has 2 rings (SSSR count). The summed E-state index contributed by atoms with van der Waals surface area (Å²) in [5.74, 6) is -1.41. The van der Waals surface area contributed by atoms with Crippen molar-refractivity contribution in [1.82, 2.24) is 0 Å². The van der Waals surface area contributed by atoms with Gasteiger partial charge in [0.1, 0.15) is 4.90 Å². The van der Waals surface area contributed by atoms with Gasteiger partial charge in [0.25, 0.3) is 5.91 Å². The highest BCUT2D eigenvalue weighted by Crippen LogP contribution is 2.22. The minimum absolute atomic E-state index is 0.0900. The molecular weight excluding hydrogens is 368 g/mol. The number of hydrogen-bond donors (Lipinski definition) is 2. The maximum Gasteiger partial charge on any atom is 0.338 e. The molecule has 0 spiro atoms. The summed E-state index contributed by atoms with van der Waals surface area (Å²) in [5, 5.41) is 7.51. The molecule has 7 nitrogen and oxygen atoms in total. The van der Waals surface area contributed by atoms with Crippen molar-refractivity contribution < 1.29 is 22.7 Å². The average Bonchev–Trinajstić information content (AvgIpc) is 2.54. The van der Waals surface area contributed by atoms with Crippen LogP contribution in [-0.4, -0.2) is 26.4 Å². The third kappa shape index (κ3) is 5.02. The molecule has 0 saturated carbocycles. The first kappa shape index (κ1) is 18.9. The molecule has 3 N–H and O–H groups in total. The van der Waals surface area contributed by atoms with Crippen molar-refractivity contribution in [2.75, 3.05) is 5.32 Å². The molecule has 0 bridgehead atoms. The normalized spacial score (nSPS) is 12.3. The molecule has 0 radical (unpaired) electrons. The zero-order chi connectivity index (χ0) is 18.6. The molecule has 2 aromatic rings. The number of carbonyl (C=O) groups excluding carboxylic acids is 2. The molecule has 1 amide bonds. The predicted molar refractivity (Wildman–Crippen MR) is 92.8 cm³/mol. The summed E-state index contributed by atoms with van der Waals surface area (Å²) in [6, 6.07) is 12.1. The second kappa shape index (κ2) is 7.64. The Labute approximate surface area is 149 Å². The molecule has 0 aliphatic heterocycles. The van der Waals surface area contributed by atoms with Crippen LogP contribution in [0.15, 0.2) is 53.4 Å². The number of esters is 1. The summed E-state index contributed by atoms with van der Waals surface area (Å²) >= 11 is 5.76. The van der Waals surface area contributed by atoms with Gasteiger partial charge in [0.15, 0.2) is 6.10 Å². The van der Waals surface area contributed by atoms with E-state index in [-0.39, 0.29) is 10.6 Å². The third-order valence-corrected chi connectivity index (χ3v) is 4.56. The van der Waals surface area contributed by atoms with Gasteiger partial charge in [-0.2, -0.15) is 0 Å². The number of carbonyl (C=O) groups is 2. The fourth-order valence-corrected chi connectivity index (χ4v) is 2.97. The van der Waals surface area contributed by atoms with Gasteiger partial charge in [-0.1, -0.05) is 29.8 Å². The molecule has 0 aliphatic carbocycles. The lowest BCUT2D eigenvalue weighted by Gasteiger charge is -2.14. The number of amides is 1. The second-order valence-electron chi connectivity index (χ2n) is 5.09. The molecule has 0 aromatic heterocycles. The molecule has 2 aromatic carbocycles. The van der Waals surface area contributed by atoms with Crippen molar-refractivity contribution in [3.63, 3.8) is 0 Å². The Bertz CT molecular complexity index is 900. The lowest BCUT2D eigenvalue weighted by atomic mass is 10.2. The Kier molecular flexibility index (Phi) is 5.78. The highest BCUT2D eigenvalue weighted by molar-refractivity contribution is 7.89. The minimum atomic E-state index is -4.09. The first-order valence-electron chi connectivity index (χ1n) is 7.07. The molecule has 0 unspecified atom stereocenters. The van der Waals surface area contributed by atoms with E-state index in [2.05, 4.69) is 5.32 Å². The number of ether oxygens (including phenoxy) is 1. The molecule has 0 fully saturated rings. The summed E-state index contributed by atoms with van der Waals surface area (Å²) in [6.07, 6.45) is -1.10. The van der Waals surface area contributed by atoms with Crippen LogP contribution in [0.1, 0.15) is 17.3 Å². The maximum absolute atomic E-state index is 12.1. The van der Waals surface area contributed by atoms with E-state index in [1.807, 2.05) is 0 Å². The first-order chi connectivity index (χ1) is 11.7. The van der Waals surface area contributed by atoms with Crippen LogP contribution in [0, 0.1) is 0 Å². The van der Waals surface area contributed by atoms with E-state index in [0.717, 1.165) is 6.07 Å². The standard InChI is InChI=1S/C16H15ClN2O5S/c1-10(15(20)19-12-5-3-2-4-6-12)24-16(21)11-7-8-13(17)14(9-11)25(18,22)23/h2-10H,1H3,(H,19,20)(H2,18,22,23)/t10-/m1/s1. The molecule has 0 aliphatic rings. The molecule has 25 heavy (non-hydrogen) atoms. The van der Waals surface area contributed by atoms with Crippen molar-refractivity contribution in [1.29, 1.82) is 0 Å². The van der Waals surface area contributed by atoms with Crippen LogP contribution in [-0.2, 0) is 19.6 Å². The topological polar surface area (TPSA) is 116 Å². The van der Waals surface area contributed by atoms with Crippen LogP contribution in [0.2, 0.25) is 5.02 Å². The maximum atomic E-state index is 12.1. The van der Waals surface area contributed by atoms with Gasteiger partial charge in [-0.15, -0.1) is 0 Å². The van der Waals surface area contributed by atoms with Crippen LogP contribution in [0.4, 0.5) is 5.69 Å². The van der Waals surface area contributed by atoms with E-state index in [1.165, 1.54) is 19.1 Å². The number of rotatable bonds is 5. The van der Waals surface area contributed by atoms with Crippen LogP contribution in [0.3, 0.4) is 0 Å². The third-order valence-electron chi connectivity index (χ3n) is 3.17. The molecule has 9 heteroatoms. The summed E-state index contributed by atoms with van der Waals surface area (Å²) in [7, 11) is -4.09. The van der Waals surface area contributed by atoms with Crippen molar-refractivity contribution in [2.45, 2.75) is 17.9 Å².